The van der Waals surface area contributed by atoms with Gasteiger partial charge in [-0.15, -0.1) is 12.1 Å². The van der Waals surface area contributed by atoms with Gasteiger partial charge in [0.1, 0.15) is 11.8 Å². The Hall–Kier alpha value is -2.57. The van der Waals surface area contributed by atoms with E-state index in [0.717, 1.165) is 27.3 Å². The standard InChI is InChI=1S/C28H25N2O2S.Na/c1-18(20-6-4-3-5-7-20)32-28(31)29-26-19(2)33-30-27(26)25-16-14-24(15-17-25)23-12-10-22(11-13-23)21-8-9-21;/h3-7,10-18H,8-9H2,1-2H3,(H,29,31);/q-1;+1/t18-;/m1./s1. The van der Waals surface area contributed by atoms with Gasteiger partial charge in [-0.05, 0) is 42.1 Å². The fourth-order valence-electron chi connectivity index (χ4n) is 3.87. The van der Waals surface area contributed by atoms with E-state index >= 15 is 0 Å². The SMILES string of the molecule is Cc1snc(-c2ccc(-c3ccc([C-]4CC4)cc3)cc2)c1NC(=O)O[C@H](C)c1ccccc1.[Na+]. The van der Waals surface area contributed by atoms with Crippen molar-refractivity contribution >= 4 is 23.3 Å². The molecule has 0 spiro atoms. The molecule has 1 aliphatic rings. The summed E-state index contributed by atoms with van der Waals surface area (Å²) in [6.07, 6.45) is 1.64. The van der Waals surface area contributed by atoms with Gasteiger partial charge in [-0.25, -0.2) is 4.79 Å². The first-order valence-corrected chi connectivity index (χ1v) is 11.9. The number of nitrogens with zero attached hydrogens (tertiary/aromatic N) is 1. The summed E-state index contributed by atoms with van der Waals surface area (Å²) >= 11 is 1.37. The Balaban J connectivity index is 0.00000274. The molecule has 5 rings (SSSR count). The van der Waals surface area contributed by atoms with Crippen molar-refractivity contribution in [3.63, 3.8) is 0 Å². The Morgan fingerprint density at radius 2 is 1.53 bits per heavy atom. The van der Waals surface area contributed by atoms with E-state index in [1.54, 1.807) is 5.92 Å². The van der Waals surface area contributed by atoms with E-state index in [9.17, 15) is 4.79 Å². The molecular formula is C28H25N2NaO2S. The van der Waals surface area contributed by atoms with E-state index in [1.807, 2.05) is 44.2 Å². The van der Waals surface area contributed by atoms with Gasteiger partial charge in [0.05, 0.1) is 5.69 Å². The van der Waals surface area contributed by atoms with Crippen molar-refractivity contribution in [1.29, 1.82) is 0 Å². The maximum Gasteiger partial charge on any atom is 1.00 e. The van der Waals surface area contributed by atoms with Crippen LogP contribution in [0.3, 0.4) is 0 Å². The number of hydrogen-bond acceptors (Lipinski definition) is 4. The summed E-state index contributed by atoms with van der Waals surface area (Å²) in [6, 6.07) is 26.8. The quantitative estimate of drug-likeness (QED) is 0.321. The molecule has 0 saturated heterocycles. The summed E-state index contributed by atoms with van der Waals surface area (Å²) < 4.78 is 10.2. The van der Waals surface area contributed by atoms with Crippen LogP contribution in [0.25, 0.3) is 22.4 Å². The first-order valence-electron chi connectivity index (χ1n) is 11.1. The predicted molar refractivity (Wildman–Crippen MR) is 134 cm³/mol. The number of anilines is 1. The molecular weight excluding hydrogens is 451 g/mol. The van der Waals surface area contributed by atoms with Crippen LogP contribution in [0.5, 0.6) is 0 Å². The zero-order valence-corrected chi connectivity index (χ0v) is 22.5. The van der Waals surface area contributed by atoms with Crippen molar-refractivity contribution in [2.75, 3.05) is 5.32 Å². The summed E-state index contributed by atoms with van der Waals surface area (Å²) in [5.41, 5.74) is 7.07. The second-order valence-electron chi connectivity index (χ2n) is 8.30. The van der Waals surface area contributed by atoms with E-state index in [2.05, 4.69) is 58.2 Å². The molecule has 1 heterocycles. The molecule has 1 amide bonds. The Morgan fingerprint density at radius 1 is 0.941 bits per heavy atom. The molecule has 1 saturated carbocycles. The molecule has 4 aromatic rings. The number of rotatable bonds is 6. The van der Waals surface area contributed by atoms with Crippen molar-refractivity contribution in [1.82, 2.24) is 4.37 Å². The van der Waals surface area contributed by atoms with Crippen molar-refractivity contribution in [2.45, 2.75) is 32.8 Å². The van der Waals surface area contributed by atoms with Gasteiger partial charge in [0.25, 0.3) is 0 Å². The van der Waals surface area contributed by atoms with Crippen LogP contribution in [-0.4, -0.2) is 10.5 Å². The van der Waals surface area contributed by atoms with Gasteiger partial charge in [-0.2, -0.15) is 28.0 Å². The summed E-state index contributed by atoms with van der Waals surface area (Å²) in [6.45, 7) is 3.81. The third kappa shape index (κ3) is 5.56. The number of benzene rings is 3. The zero-order chi connectivity index (χ0) is 22.8. The van der Waals surface area contributed by atoms with Crippen molar-refractivity contribution in [2.24, 2.45) is 0 Å². The van der Waals surface area contributed by atoms with Gasteiger partial charge in [0.2, 0.25) is 0 Å². The number of aryl methyl sites for hydroxylation is 1. The van der Waals surface area contributed by atoms with Crippen LogP contribution < -0.4 is 34.9 Å². The van der Waals surface area contributed by atoms with Gasteiger partial charge < -0.3 is 4.74 Å². The minimum absolute atomic E-state index is 0. The molecule has 1 aromatic heterocycles. The van der Waals surface area contributed by atoms with Crippen molar-refractivity contribution in [3.8, 4) is 22.4 Å². The molecule has 0 bridgehead atoms. The zero-order valence-electron chi connectivity index (χ0n) is 19.7. The number of amides is 1. The molecule has 1 aliphatic carbocycles. The Bertz CT molecular complexity index is 1250. The monoisotopic (exact) mass is 476 g/mol. The van der Waals surface area contributed by atoms with Gasteiger partial charge in [0.15, 0.2) is 0 Å². The molecule has 6 heteroatoms. The summed E-state index contributed by atoms with van der Waals surface area (Å²) in [7, 11) is 0. The normalized spacial score (nSPS) is 13.1. The molecule has 166 valence electrons. The van der Waals surface area contributed by atoms with E-state index < -0.39 is 6.09 Å². The van der Waals surface area contributed by atoms with Gasteiger partial charge in [0, 0.05) is 10.4 Å². The number of ether oxygens (including phenoxy) is 1. The molecule has 4 nitrogen and oxygen atoms in total. The molecule has 1 atom stereocenters. The van der Waals surface area contributed by atoms with E-state index in [4.69, 9.17) is 4.74 Å². The minimum atomic E-state index is -0.485. The molecule has 1 fully saturated rings. The topological polar surface area (TPSA) is 51.2 Å². The molecule has 34 heavy (non-hydrogen) atoms. The van der Waals surface area contributed by atoms with Crippen LogP contribution in [0.1, 0.15) is 41.9 Å². The number of carbonyl (C=O) groups is 1. The minimum Gasteiger partial charge on any atom is -0.441 e. The fourth-order valence-corrected chi connectivity index (χ4v) is 4.53. The molecule has 3 aromatic carbocycles. The Morgan fingerprint density at radius 3 is 2.15 bits per heavy atom. The van der Waals surface area contributed by atoms with Gasteiger partial charge in [-0.1, -0.05) is 67.4 Å². The first kappa shape index (κ1) is 24.6. The van der Waals surface area contributed by atoms with Gasteiger partial charge in [-0.3, -0.25) is 5.32 Å². The average molecular weight is 477 g/mol. The van der Waals surface area contributed by atoms with Crippen LogP contribution in [0, 0.1) is 12.8 Å². The maximum absolute atomic E-state index is 12.6. The van der Waals surface area contributed by atoms with Gasteiger partial charge >= 0.3 is 35.7 Å². The van der Waals surface area contributed by atoms with Crippen LogP contribution in [0.2, 0.25) is 0 Å². The average Bonchev–Trinajstić information content (AvgIpc) is 3.64. The maximum atomic E-state index is 12.6. The van der Waals surface area contributed by atoms with E-state index in [1.165, 1.54) is 35.5 Å². The Labute approximate surface area is 226 Å². The summed E-state index contributed by atoms with van der Waals surface area (Å²) in [4.78, 5) is 13.5. The first-order chi connectivity index (χ1) is 16.1. The van der Waals surface area contributed by atoms with E-state index in [0.29, 0.717) is 5.69 Å². The summed E-state index contributed by atoms with van der Waals surface area (Å²) in [5.74, 6) is 1.55. The van der Waals surface area contributed by atoms with Crippen LogP contribution in [-0.2, 0) is 4.74 Å². The number of carbonyl (C=O) groups excluding carboxylic acids is 1. The molecule has 0 unspecified atom stereocenters. The summed E-state index contributed by atoms with van der Waals surface area (Å²) in [5, 5.41) is 2.91. The van der Waals surface area contributed by atoms with Crippen molar-refractivity contribution < 1.29 is 39.1 Å². The van der Waals surface area contributed by atoms with E-state index in [-0.39, 0.29) is 35.7 Å². The Kier molecular flexibility index (Phi) is 7.79. The molecule has 0 aliphatic heterocycles. The largest absolute Gasteiger partial charge is 1.00 e. The number of aromatic nitrogens is 1. The third-order valence-corrected chi connectivity index (χ3v) is 6.68. The third-order valence-electron chi connectivity index (χ3n) is 5.93. The predicted octanol–water partition coefficient (Wildman–Crippen LogP) is 4.82. The molecule has 1 N–H and O–H groups in total. The molecule has 0 radical (unpaired) electrons. The second-order valence-corrected chi connectivity index (χ2v) is 9.28. The number of hydrogen-bond donors (Lipinski definition) is 1. The van der Waals surface area contributed by atoms with Crippen LogP contribution >= 0.6 is 11.5 Å². The smallest absolute Gasteiger partial charge is 0.441 e. The number of nitrogens with one attached hydrogen (secondary N) is 1. The van der Waals surface area contributed by atoms with Crippen LogP contribution in [0.15, 0.2) is 78.9 Å². The van der Waals surface area contributed by atoms with Crippen LogP contribution in [0.4, 0.5) is 10.5 Å². The fraction of sp³-hybridized carbons (Fsp3) is 0.179. The second kappa shape index (κ2) is 10.8. The van der Waals surface area contributed by atoms with Crippen molar-refractivity contribution in [3.05, 3.63) is 101 Å².